The molecule has 0 amide bonds. The highest BCUT2D eigenvalue weighted by molar-refractivity contribution is 5.90. The van der Waals surface area contributed by atoms with Gasteiger partial charge in [0.2, 0.25) is 0 Å². The summed E-state index contributed by atoms with van der Waals surface area (Å²) >= 11 is 0. The standard InChI is InChI=1S/C11H15NO3/c1-5-7(3)10-8(4)9(12-15-10)11(13)14-6-2/h5H,6H2,1-4H3/b7-5+. The minimum Gasteiger partial charge on any atom is -0.461 e. The molecule has 0 aromatic carbocycles. The lowest BCUT2D eigenvalue weighted by atomic mass is 10.1. The summed E-state index contributed by atoms with van der Waals surface area (Å²) in [5.41, 5.74) is 1.94. The molecule has 0 fully saturated rings. The number of nitrogens with zero attached hydrogens (tertiary/aromatic N) is 1. The predicted octanol–water partition coefficient (Wildman–Crippen LogP) is 2.58. The molecule has 0 aliphatic heterocycles. The molecule has 0 saturated heterocycles. The zero-order valence-corrected chi connectivity index (χ0v) is 9.46. The van der Waals surface area contributed by atoms with Gasteiger partial charge in [-0.3, -0.25) is 0 Å². The zero-order chi connectivity index (χ0) is 11.4. The molecule has 1 aromatic heterocycles. The molecule has 1 rings (SSSR count). The molecule has 0 radical (unpaired) electrons. The second-order valence-corrected chi connectivity index (χ2v) is 3.18. The summed E-state index contributed by atoms with van der Waals surface area (Å²) in [5.74, 6) is 0.203. The maximum atomic E-state index is 11.4. The predicted molar refractivity (Wildman–Crippen MR) is 56.5 cm³/mol. The number of hydrogen-bond donors (Lipinski definition) is 0. The van der Waals surface area contributed by atoms with Crippen LogP contribution >= 0.6 is 0 Å². The van der Waals surface area contributed by atoms with Gasteiger partial charge in [-0.2, -0.15) is 0 Å². The maximum Gasteiger partial charge on any atom is 0.360 e. The van der Waals surface area contributed by atoms with E-state index < -0.39 is 5.97 Å². The highest BCUT2D eigenvalue weighted by Crippen LogP contribution is 2.21. The highest BCUT2D eigenvalue weighted by atomic mass is 16.5. The third-order valence-electron chi connectivity index (χ3n) is 2.18. The van der Waals surface area contributed by atoms with Crippen LogP contribution in [0.2, 0.25) is 0 Å². The molecular formula is C11H15NO3. The topological polar surface area (TPSA) is 52.3 Å². The van der Waals surface area contributed by atoms with Crippen molar-refractivity contribution in [3.05, 3.63) is 23.1 Å². The molecule has 0 bridgehead atoms. The summed E-state index contributed by atoms with van der Waals surface area (Å²) in [6.07, 6.45) is 1.91. The minimum absolute atomic E-state index is 0.257. The van der Waals surface area contributed by atoms with E-state index in [0.29, 0.717) is 12.4 Å². The minimum atomic E-state index is -0.436. The number of esters is 1. The lowest BCUT2D eigenvalue weighted by Gasteiger charge is -1.98. The summed E-state index contributed by atoms with van der Waals surface area (Å²) in [5, 5.41) is 3.71. The Hall–Kier alpha value is -1.58. The fourth-order valence-electron chi connectivity index (χ4n) is 1.22. The molecule has 0 saturated carbocycles. The largest absolute Gasteiger partial charge is 0.461 e. The van der Waals surface area contributed by atoms with E-state index in [2.05, 4.69) is 5.16 Å². The van der Waals surface area contributed by atoms with Gasteiger partial charge in [0, 0.05) is 5.56 Å². The number of carbonyl (C=O) groups is 1. The molecule has 0 atom stereocenters. The van der Waals surface area contributed by atoms with Gasteiger partial charge in [-0.1, -0.05) is 11.2 Å². The van der Waals surface area contributed by atoms with Crippen LogP contribution in [0.4, 0.5) is 0 Å². The van der Waals surface area contributed by atoms with E-state index in [4.69, 9.17) is 9.26 Å². The van der Waals surface area contributed by atoms with Crippen molar-refractivity contribution in [3.63, 3.8) is 0 Å². The van der Waals surface area contributed by atoms with E-state index in [1.807, 2.05) is 19.9 Å². The lowest BCUT2D eigenvalue weighted by molar-refractivity contribution is 0.0514. The molecule has 1 aromatic rings. The summed E-state index contributed by atoms with van der Waals surface area (Å²) < 4.78 is 9.95. The van der Waals surface area contributed by atoms with E-state index in [0.717, 1.165) is 11.1 Å². The van der Waals surface area contributed by atoms with Crippen LogP contribution in [0.25, 0.3) is 5.57 Å². The molecule has 0 aliphatic rings. The van der Waals surface area contributed by atoms with Crippen LogP contribution in [0.3, 0.4) is 0 Å². The second kappa shape index (κ2) is 4.77. The molecule has 0 N–H and O–H groups in total. The molecule has 0 spiro atoms. The summed E-state index contributed by atoms with van der Waals surface area (Å²) in [6.45, 7) is 7.70. The SMILES string of the molecule is C/C=C(\C)c1onc(C(=O)OCC)c1C. The number of rotatable bonds is 3. The van der Waals surface area contributed by atoms with Crippen LogP contribution in [0.1, 0.15) is 42.6 Å². The van der Waals surface area contributed by atoms with E-state index in [1.54, 1.807) is 13.8 Å². The van der Waals surface area contributed by atoms with Crippen molar-refractivity contribution in [2.45, 2.75) is 27.7 Å². The number of hydrogen-bond acceptors (Lipinski definition) is 4. The molecule has 82 valence electrons. The lowest BCUT2D eigenvalue weighted by Crippen LogP contribution is -2.06. The van der Waals surface area contributed by atoms with Crippen LogP contribution in [-0.2, 0) is 4.74 Å². The number of ether oxygens (including phenoxy) is 1. The third-order valence-corrected chi connectivity index (χ3v) is 2.18. The van der Waals surface area contributed by atoms with Crippen LogP contribution in [0.15, 0.2) is 10.6 Å². The first-order valence-electron chi connectivity index (χ1n) is 4.88. The van der Waals surface area contributed by atoms with Gasteiger partial charge in [0.05, 0.1) is 6.61 Å². The van der Waals surface area contributed by atoms with Gasteiger partial charge in [-0.15, -0.1) is 0 Å². The van der Waals surface area contributed by atoms with Crippen molar-refractivity contribution in [1.82, 2.24) is 5.16 Å². The average Bonchev–Trinajstić information content (AvgIpc) is 2.59. The Balaban J connectivity index is 3.04. The van der Waals surface area contributed by atoms with Gasteiger partial charge < -0.3 is 9.26 Å². The Bertz CT molecular complexity index is 391. The second-order valence-electron chi connectivity index (χ2n) is 3.18. The molecule has 0 unspecified atom stereocenters. The van der Waals surface area contributed by atoms with E-state index in [1.165, 1.54) is 0 Å². The molecule has 15 heavy (non-hydrogen) atoms. The zero-order valence-electron chi connectivity index (χ0n) is 9.46. The third kappa shape index (κ3) is 2.26. The van der Waals surface area contributed by atoms with Gasteiger partial charge in [-0.05, 0) is 33.3 Å². The van der Waals surface area contributed by atoms with E-state index >= 15 is 0 Å². The number of carbonyl (C=O) groups excluding carboxylic acids is 1. The fourth-order valence-corrected chi connectivity index (χ4v) is 1.22. The summed E-state index contributed by atoms with van der Waals surface area (Å²) in [7, 11) is 0. The highest BCUT2D eigenvalue weighted by Gasteiger charge is 2.19. The Kier molecular flexibility index (Phi) is 3.66. The molecule has 1 heterocycles. The quantitative estimate of drug-likeness (QED) is 0.718. The first-order valence-corrected chi connectivity index (χ1v) is 4.88. The van der Waals surface area contributed by atoms with Crippen molar-refractivity contribution in [3.8, 4) is 0 Å². The fraction of sp³-hybridized carbons (Fsp3) is 0.455. The molecule has 4 nitrogen and oxygen atoms in total. The van der Waals surface area contributed by atoms with Gasteiger partial charge in [-0.25, -0.2) is 4.79 Å². The summed E-state index contributed by atoms with van der Waals surface area (Å²) in [4.78, 5) is 11.4. The first kappa shape index (κ1) is 11.5. The van der Waals surface area contributed by atoms with Crippen LogP contribution in [0.5, 0.6) is 0 Å². The summed E-state index contributed by atoms with van der Waals surface area (Å²) in [6, 6.07) is 0. The Morgan fingerprint density at radius 2 is 2.27 bits per heavy atom. The monoisotopic (exact) mass is 209 g/mol. The normalized spacial score (nSPS) is 11.6. The molecular weight excluding hydrogens is 194 g/mol. The van der Waals surface area contributed by atoms with E-state index in [9.17, 15) is 4.79 Å². The van der Waals surface area contributed by atoms with Crippen LogP contribution in [0, 0.1) is 6.92 Å². The Morgan fingerprint density at radius 3 is 2.80 bits per heavy atom. The average molecular weight is 209 g/mol. The molecule has 0 aliphatic carbocycles. The smallest absolute Gasteiger partial charge is 0.360 e. The van der Waals surface area contributed by atoms with Gasteiger partial charge >= 0.3 is 5.97 Å². The van der Waals surface area contributed by atoms with Gasteiger partial charge in [0.1, 0.15) is 0 Å². The Labute approximate surface area is 88.9 Å². The van der Waals surface area contributed by atoms with Crippen molar-refractivity contribution in [2.75, 3.05) is 6.61 Å². The van der Waals surface area contributed by atoms with Gasteiger partial charge in [0.25, 0.3) is 0 Å². The van der Waals surface area contributed by atoms with Crippen molar-refractivity contribution in [2.24, 2.45) is 0 Å². The van der Waals surface area contributed by atoms with Crippen molar-refractivity contribution in [1.29, 1.82) is 0 Å². The van der Waals surface area contributed by atoms with Crippen LogP contribution < -0.4 is 0 Å². The molecule has 4 heteroatoms. The first-order chi connectivity index (χ1) is 7.11. The van der Waals surface area contributed by atoms with Crippen molar-refractivity contribution < 1.29 is 14.1 Å². The Morgan fingerprint density at radius 1 is 1.60 bits per heavy atom. The number of aromatic nitrogens is 1. The van der Waals surface area contributed by atoms with Crippen LogP contribution in [-0.4, -0.2) is 17.7 Å². The number of allylic oxidation sites excluding steroid dienone is 2. The van der Waals surface area contributed by atoms with E-state index in [-0.39, 0.29) is 5.69 Å². The maximum absolute atomic E-state index is 11.4. The van der Waals surface area contributed by atoms with Crippen molar-refractivity contribution >= 4 is 11.5 Å². The van der Waals surface area contributed by atoms with Gasteiger partial charge in [0.15, 0.2) is 11.5 Å².